The average Bonchev–Trinajstić information content (AvgIpc) is 3.18. The van der Waals surface area contributed by atoms with Crippen molar-refractivity contribution >= 4 is 11.9 Å². The molecule has 0 aliphatic carbocycles. The number of oxazole rings is 1. The number of carboxylic acid groups (broad SMARTS) is 1. The van der Waals surface area contributed by atoms with E-state index < -0.39 is 5.97 Å². The first kappa shape index (κ1) is 23.2. The van der Waals surface area contributed by atoms with Crippen molar-refractivity contribution in [1.29, 1.82) is 0 Å². The van der Waals surface area contributed by atoms with Gasteiger partial charge in [-0.05, 0) is 31.4 Å². The van der Waals surface area contributed by atoms with Crippen LogP contribution >= 0.6 is 0 Å². The van der Waals surface area contributed by atoms with Gasteiger partial charge in [0.2, 0.25) is 0 Å². The van der Waals surface area contributed by atoms with E-state index in [4.69, 9.17) is 14.3 Å². The number of aliphatic carboxylic acids is 1. The minimum Gasteiger partial charge on any atom is -0.496 e. The first-order chi connectivity index (χ1) is 13.5. The number of nitrogens with zero attached hydrogens (tertiary/aromatic N) is 1. The second-order valence-electron chi connectivity index (χ2n) is 6.10. The van der Waals surface area contributed by atoms with Crippen molar-refractivity contribution in [2.75, 3.05) is 14.2 Å². The van der Waals surface area contributed by atoms with Crippen LogP contribution in [0, 0.1) is 0 Å². The van der Waals surface area contributed by atoms with Gasteiger partial charge in [-0.1, -0.05) is 25.5 Å². The fourth-order valence-corrected chi connectivity index (χ4v) is 2.37. The monoisotopic (exact) mass is 391 g/mol. The molecular weight excluding hydrogens is 362 g/mol. The number of unbranched alkanes of at least 4 members (excludes halogenated alkanes) is 2. The molecule has 0 radical (unpaired) electrons. The van der Waals surface area contributed by atoms with Crippen LogP contribution < -0.4 is 4.74 Å². The third-order valence-electron chi connectivity index (χ3n) is 3.92. The lowest BCUT2D eigenvalue weighted by Crippen LogP contribution is -1.99. The van der Waals surface area contributed by atoms with Gasteiger partial charge in [0, 0.05) is 19.3 Å². The van der Waals surface area contributed by atoms with E-state index >= 15 is 0 Å². The molecule has 0 aliphatic heterocycles. The van der Waals surface area contributed by atoms with Crippen LogP contribution in [0.5, 0.6) is 5.75 Å². The number of aromatic nitrogens is 1. The molecule has 0 unspecified atom stereocenters. The maximum atomic E-state index is 11.0. The summed E-state index contributed by atoms with van der Waals surface area (Å²) in [5.41, 5.74) is 0.883. The van der Waals surface area contributed by atoms with Crippen LogP contribution in [0.4, 0.5) is 0 Å². The van der Waals surface area contributed by atoms with Crippen molar-refractivity contribution in [3.8, 4) is 17.1 Å². The number of para-hydroxylation sites is 1. The SMILES string of the molecule is CCCCC(=O)O.COC(=O)CCCCc1ncc(-c2ccccc2OC)o1. The number of hydrogen-bond donors (Lipinski definition) is 1. The van der Waals surface area contributed by atoms with E-state index in [9.17, 15) is 9.59 Å². The van der Waals surface area contributed by atoms with E-state index in [2.05, 4.69) is 9.72 Å². The zero-order valence-corrected chi connectivity index (χ0v) is 16.8. The van der Waals surface area contributed by atoms with Gasteiger partial charge in [-0.25, -0.2) is 4.98 Å². The number of aryl methyl sites for hydroxylation is 1. The molecule has 0 amide bonds. The van der Waals surface area contributed by atoms with E-state index in [0.717, 1.165) is 37.0 Å². The number of rotatable bonds is 10. The summed E-state index contributed by atoms with van der Waals surface area (Å²) in [4.78, 5) is 25.0. The number of carbonyl (C=O) groups excluding carboxylic acids is 1. The number of methoxy groups -OCH3 is 2. The molecule has 2 aromatic rings. The van der Waals surface area contributed by atoms with Crippen LogP contribution in [0.25, 0.3) is 11.3 Å². The van der Waals surface area contributed by atoms with Crippen molar-refractivity contribution in [2.24, 2.45) is 0 Å². The second-order valence-corrected chi connectivity index (χ2v) is 6.10. The topological polar surface area (TPSA) is 98.9 Å². The summed E-state index contributed by atoms with van der Waals surface area (Å²) in [6.45, 7) is 1.98. The van der Waals surface area contributed by atoms with Gasteiger partial charge in [0.05, 0.1) is 26.0 Å². The highest BCUT2D eigenvalue weighted by Crippen LogP contribution is 2.30. The van der Waals surface area contributed by atoms with Gasteiger partial charge in [0.25, 0.3) is 0 Å². The Labute approximate surface area is 165 Å². The number of hydrogen-bond acceptors (Lipinski definition) is 6. The highest BCUT2D eigenvalue weighted by atomic mass is 16.5. The lowest BCUT2D eigenvalue weighted by Gasteiger charge is -2.04. The Hall–Kier alpha value is -2.83. The molecule has 28 heavy (non-hydrogen) atoms. The molecule has 2 rings (SSSR count). The van der Waals surface area contributed by atoms with Crippen LogP contribution in [0.2, 0.25) is 0 Å². The molecule has 0 atom stereocenters. The third kappa shape index (κ3) is 8.70. The minimum absolute atomic E-state index is 0.183. The first-order valence-corrected chi connectivity index (χ1v) is 9.38. The van der Waals surface area contributed by atoms with Crippen molar-refractivity contribution in [3.63, 3.8) is 0 Å². The molecule has 1 heterocycles. The van der Waals surface area contributed by atoms with Crippen LogP contribution in [0.1, 0.15) is 51.3 Å². The van der Waals surface area contributed by atoms with E-state index in [0.29, 0.717) is 30.9 Å². The highest BCUT2D eigenvalue weighted by Gasteiger charge is 2.11. The minimum atomic E-state index is -0.693. The fraction of sp³-hybridized carbons (Fsp3) is 0.476. The van der Waals surface area contributed by atoms with Gasteiger partial charge in [0.15, 0.2) is 11.7 Å². The predicted molar refractivity (Wildman–Crippen MR) is 105 cm³/mol. The second kappa shape index (κ2) is 13.4. The summed E-state index contributed by atoms with van der Waals surface area (Å²) in [5.74, 6) is 1.24. The summed E-state index contributed by atoms with van der Waals surface area (Å²) < 4.78 is 15.6. The number of ether oxygens (including phenoxy) is 2. The fourth-order valence-electron chi connectivity index (χ4n) is 2.37. The van der Waals surface area contributed by atoms with E-state index in [1.54, 1.807) is 13.3 Å². The summed E-state index contributed by atoms with van der Waals surface area (Å²) in [5, 5.41) is 8.04. The molecule has 0 aliphatic rings. The van der Waals surface area contributed by atoms with Gasteiger partial charge < -0.3 is 19.0 Å². The van der Waals surface area contributed by atoms with E-state index in [1.165, 1.54) is 7.11 Å². The molecule has 0 saturated carbocycles. The van der Waals surface area contributed by atoms with Gasteiger partial charge >= 0.3 is 11.9 Å². The molecule has 0 spiro atoms. The normalized spacial score (nSPS) is 9.96. The molecule has 1 N–H and O–H groups in total. The standard InChI is InChI=1S/C16H19NO4.C5H10O2/c1-19-13-8-4-3-7-12(13)14-11-17-15(21-14)9-5-6-10-16(18)20-2;1-2-3-4-5(6)7/h3-4,7-8,11H,5-6,9-10H2,1-2H3;2-4H2,1H3,(H,6,7). The molecule has 7 heteroatoms. The lowest BCUT2D eigenvalue weighted by atomic mass is 10.1. The molecular formula is C21H29NO6. The first-order valence-electron chi connectivity index (χ1n) is 9.38. The van der Waals surface area contributed by atoms with Crippen LogP contribution in [-0.4, -0.2) is 36.2 Å². The van der Waals surface area contributed by atoms with Crippen molar-refractivity contribution in [3.05, 3.63) is 36.4 Å². The van der Waals surface area contributed by atoms with Gasteiger partial charge in [0.1, 0.15) is 5.75 Å². The molecule has 7 nitrogen and oxygen atoms in total. The quantitative estimate of drug-likeness (QED) is 0.470. The van der Waals surface area contributed by atoms with Crippen LogP contribution in [0.3, 0.4) is 0 Å². The van der Waals surface area contributed by atoms with E-state index in [1.807, 2.05) is 31.2 Å². The van der Waals surface area contributed by atoms with Crippen LogP contribution in [0.15, 0.2) is 34.9 Å². The van der Waals surface area contributed by atoms with Crippen molar-refractivity contribution in [1.82, 2.24) is 4.98 Å². The van der Waals surface area contributed by atoms with Crippen molar-refractivity contribution in [2.45, 2.75) is 51.9 Å². The molecule has 154 valence electrons. The Morgan fingerprint density at radius 3 is 2.46 bits per heavy atom. The molecule has 0 fully saturated rings. The molecule has 1 aromatic heterocycles. The number of benzene rings is 1. The van der Waals surface area contributed by atoms with Crippen molar-refractivity contribution < 1.29 is 28.6 Å². The number of esters is 1. The van der Waals surface area contributed by atoms with Gasteiger partial charge in [-0.2, -0.15) is 0 Å². The zero-order valence-electron chi connectivity index (χ0n) is 16.8. The number of carboxylic acids is 1. The molecule has 1 aromatic carbocycles. The van der Waals surface area contributed by atoms with E-state index in [-0.39, 0.29) is 5.97 Å². The molecule has 0 bridgehead atoms. The smallest absolute Gasteiger partial charge is 0.305 e. The van der Waals surface area contributed by atoms with Crippen LogP contribution in [-0.2, 0) is 20.7 Å². The Morgan fingerprint density at radius 2 is 1.86 bits per heavy atom. The van der Waals surface area contributed by atoms with Gasteiger partial charge in [-0.3, -0.25) is 9.59 Å². The maximum absolute atomic E-state index is 11.0. The summed E-state index contributed by atoms with van der Waals surface area (Å²) >= 11 is 0. The summed E-state index contributed by atoms with van der Waals surface area (Å²) in [6, 6.07) is 7.65. The summed E-state index contributed by atoms with van der Waals surface area (Å²) in [6.07, 6.45) is 6.51. The largest absolute Gasteiger partial charge is 0.496 e. The predicted octanol–water partition coefficient (Wildman–Crippen LogP) is 4.50. The Morgan fingerprint density at radius 1 is 1.11 bits per heavy atom. The third-order valence-corrected chi connectivity index (χ3v) is 3.92. The van der Waals surface area contributed by atoms with Gasteiger partial charge in [-0.15, -0.1) is 0 Å². The molecule has 0 saturated heterocycles. The Bertz CT molecular complexity index is 725. The zero-order chi connectivity index (χ0) is 20.8. The number of carbonyl (C=O) groups is 2. The Kier molecular flexibility index (Phi) is 11.1. The summed E-state index contributed by atoms with van der Waals surface area (Å²) in [7, 11) is 3.03. The highest BCUT2D eigenvalue weighted by molar-refractivity contribution is 5.69. The lowest BCUT2D eigenvalue weighted by molar-refractivity contribution is -0.140. The average molecular weight is 391 g/mol. The Balaban J connectivity index is 0.000000480. The maximum Gasteiger partial charge on any atom is 0.305 e.